The number of hydrogen-bond acceptors (Lipinski definition) is 23. The molecule has 0 atom stereocenters. The van der Waals surface area contributed by atoms with Crippen LogP contribution in [0.3, 0.4) is 0 Å². The molecule has 5 aromatic rings. The summed E-state index contributed by atoms with van der Waals surface area (Å²) in [4.78, 5) is 109. The van der Waals surface area contributed by atoms with E-state index in [2.05, 4.69) is 32.7 Å². The molecule has 0 spiro atoms. The molecule has 0 saturated carbocycles. The second-order valence-corrected chi connectivity index (χ2v) is 23.9. The maximum absolute atomic E-state index is 11.8. The van der Waals surface area contributed by atoms with E-state index in [1.54, 1.807) is 37.4 Å². The number of ether oxygens (including phenoxy) is 1. The van der Waals surface area contributed by atoms with E-state index in [0.29, 0.717) is 54.1 Å². The molecule has 0 bridgehead atoms. The van der Waals surface area contributed by atoms with Crippen molar-refractivity contribution in [2.24, 2.45) is 15.9 Å². The number of carboxylic acid groups (broad SMARTS) is 1. The lowest BCUT2D eigenvalue weighted by Crippen LogP contribution is -2.28. The lowest BCUT2D eigenvalue weighted by atomic mass is 10.2. The molecule has 11 rings (SSSR count). The number of carboxylic acids is 1. The number of aromatic carboxylic acids is 1. The number of benzene rings is 4. The minimum atomic E-state index is -4.30. The van der Waals surface area contributed by atoms with Gasteiger partial charge in [-0.1, -0.05) is 138 Å². The van der Waals surface area contributed by atoms with Crippen molar-refractivity contribution in [3.05, 3.63) is 145 Å². The van der Waals surface area contributed by atoms with Crippen molar-refractivity contribution in [1.82, 2.24) is 15.2 Å². The smallest absolute Gasteiger partial charge is 0.355 e. The van der Waals surface area contributed by atoms with Gasteiger partial charge in [-0.25, -0.2) is 19.5 Å². The normalized spacial score (nSPS) is 16.2. The molecule has 0 unspecified atom stereocenters. The van der Waals surface area contributed by atoms with E-state index in [9.17, 15) is 51.6 Å². The molecule has 84 heavy (non-hydrogen) atoms. The predicted molar refractivity (Wildman–Crippen MR) is 333 cm³/mol. The average Bonchev–Trinajstić information content (AvgIpc) is 4.41. The van der Waals surface area contributed by atoms with Crippen LogP contribution in [0.5, 0.6) is 0 Å². The van der Waals surface area contributed by atoms with Gasteiger partial charge in [-0.2, -0.15) is 28.6 Å². The van der Waals surface area contributed by atoms with Gasteiger partial charge in [0.1, 0.15) is 24.6 Å². The number of nitrogens with two attached hydrogens (primary N) is 1. The first-order valence-electron chi connectivity index (χ1n) is 24.1. The number of esters is 1. The van der Waals surface area contributed by atoms with Crippen molar-refractivity contribution in [3.8, 4) is 0 Å². The topological polar surface area (TPSA) is 329 Å². The number of aromatic nitrogens is 1. The third kappa shape index (κ3) is 18.8. The molecule has 436 valence electrons. The SMILES string of the molecule is CCOC(=O)C1=NN(c2ccc(S(=O)(=O)O)cc2)C(=O)C1.NC1=NN(c2ccccc2)C(=O)C1.O=C(O)c1ccc(N2C(=O)CSC2=S)cc1.O=C1CSC(=O)N1Cc1ccccc1.O=C1CSC(=S)N1.O=C1CSC(=S)N1c1ccccn1. The number of carbonyl (C=O) groups is 9. The van der Waals surface area contributed by atoms with Crippen molar-refractivity contribution >= 4 is 194 Å². The molecule has 0 aliphatic carbocycles. The minimum Gasteiger partial charge on any atom is -0.478 e. The Kier molecular flexibility index (Phi) is 24.3. The average molecular weight is 1290 g/mol. The van der Waals surface area contributed by atoms with Gasteiger partial charge in [0.25, 0.3) is 27.2 Å². The highest BCUT2D eigenvalue weighted by Gasteiger charge is 2.33. The number of hydrazone groups is 2. The Morgan fingerprint density at radius 3 is 1.65 bits per heavy atom. The van der Waals surface area contributed by atoms with Crippen LogP contribution >= 0.6 is 83.7 Å². The van der Waals surface area contributed by atoms with E-state index in [1.165, 1.54) is 79.3 Å². The van der Waals surface area contributed by atoms with Crippen molar-refractivity contribution in [2.45, 2.75) is 31.2 Å². The first-order valence-corrected chi connectivity index (χ1v) is 30.7. The summed E-state index contributed by atoms with van der Waals surface area (Å²) in [6.07, 6.45) is 1.68. The lowest BCUT2D eigenvalue weighted by Gasteiger charge is -2.14. The molecule has 7 amide bonds. The number of amidine groups is 1. The molecule has 1 aromatic heterocycles. The fourth-order valence-corrected chi connectivity index (χ4v) is 11.2. The summed E-state index contributed by atoms with van der Waals surface area (Å²) < 4.78 is 37.2. The van der Waals surface area contributed by atoms with Gasteiger partial charge >= 0.3 is 11.9 Å². The van der Waals surface area contributed by atoms with Gasteiger partial charge in [0.15, 0.2) is 5.71 Å². The number of nitrogens with zero attached hydrogens (tertiary/aromatic N) is 8. The number of amides is 7. The summed E-state index contributed by atoms with van der Waals surface area (Å²) in [5.74, 6) is 0.238. The number of nitrogens with one attached hydrogen (secondary N) is 1. The molecule has 6 aliphatic heterocycles. The molecule has 4 aromatic carbocycles. The summed E-state index contributed by atoms with van der Waals surface area (Å²) in [6.45, 7) is 2.21. The first kappa shape index (κ1) is 65.3. The highest BCUT2D eigenvalue weighted by molar-refractivity contribution is 8.25. The van der Waals surface area contributed by atoms with Gasteiger partial charge < -0.3 is 20.9 Å². The van der Waals surface area contributed by atoms with Gasteiger partial charge in [0.2, 0.25) is 23.6 Å². The summed E-state index contributed by atoms with van der Waals surface area (Å²) in [5, 5.41) is 21.2. The van der Waals surface area contributed by atoms with E-state index in [0.717, 1.165) is 40.2 Å². The van der Waals surface area contributed by atoms with Gasteiger partial charge in [0, 0.05) is 6.20 Å². The number of rotatable bonds is 10. The number of imide groups is 1. The van der Waals surface area contributed by atoms with Crippen molar-refractivity contribution in [3.63, 3.8) is 0 Å². The molecule has 4 fully saturated rings. The maximum Gasteiger partial charge on any atom is 0.355 e. The highest BCUT2D eigenvalue weighted by atomic mass is 32.2. The monoisotopic (exact) mass is 1290 g/mol. The third-order valence-electron chi connectivity index (χ3n) is 10.8. The Bertz CT molecular complexity index is 3470. The third-order valence-corrected chi connectivity index (χ3v) is 16.5. The first-order chi connectivity index (χ1) is 40.0. The standard InChI is InChI=1S/C12H12N2O6S.C10H7NO3S2.C10H9NO2S.C9H9N3O.C8H6N2OS2.C3H3NOS2/c1-2-20-12(16)10-7-11(15)14(13-10)8-3-5-9(6-4-8)21(17,18)19;12-8-5-16-10(15)11(8)7-3-1-6(2-4-7)9(13)14;12-9-7-14-10(13)11(9)6-8-4-2-1-3-5-8;10-8-6-9(13)12(11-8)7-4-2-1-3-5-7;11-7-5-13-8(12)10(7)6-3-1-2-4-9-6;5-2-1-7-3(6)4-2/h3-6H,2,7H2,1H3,(H,17,18,19);1-4H,5H2,(H,13,14);1-5H,6-7H2;1-5H,6H2,(H2,10,11);1-4H,5H2;1H2,(H,4,5,6). The van der Waals surface area contributed by atoms with Crippen LogP contribution in [0.2, 0.25) is 0 Å². The van der Waals surface area contributed by atoms with E-state index in [-0.39, 0.29) is 81.8 Å². The van der Waals surface area contributed by atoms with Crippen LogP contribution in [0.15, 0.2) is 149 Å². The van der Waals surface area contributed by atoms with Crippen molar-refractivity contribution in [2.75, 3.05) is 49.4 Å². The minimum absolute atomic E-state index is 0.00806. The zero-order valence-electron chi connectivity index (χ0n) is 43.6. The number of pyridine rings is 1. The Balaban J connectivity index is 0.000000165. The molecule has 5 N–H and O–H groups in total. The van der Waals surface area contributed by atoms with Crippen molar-refractivity contribution in [1.29, 1.82) is 0 Å². The van der Waals surface area contributed by atoms with Crippen LogP contribution in [0.4, 0.5) is 27.7 Å². The van der Waals surface area contributed by atoms with Crippen LogP contribution in [0.1, 0.15) is 35.7 Å². The summed E-state index contributed by atoms with van der Waals surface area (Å²) >= 11 is 19.8. The van der Waals surface area contributed by atoms with Crippen LogP contribution < -0.4 is 30.9 Å². The van der Waals surface area contributed by atoms with Crippen LogP contribution in [-0.2, 0) is 55.0 Å². The second kappa shape index (κ2) is 31.2. The molecule has 6 aliphatic rings. The molecule has 7 heterocycles. The van der Waals surface area contributed by atoms with E-state index in [4.69, 9.17) is 44.6 Å². The maximum atomic E-state index is 11.8. The summed E-state index contributed by atoms with van der Waals surface area (Å²) in [6, 6.07) is 35.1. The zero-order chi connectivity index (χ0) is 61.1. The number of thiocarbonyl (C=S) groups is 3. The molecular weight excluding hydrogens is 1250 g/mol. The zero-order valence-corrected chi connectivity index (χ0v) is 50.1. The quantitative estimate of drug-likeness (QED) is 0.0659. The number of thioether (sulfide) groups is 4. The van der Waals surface area contributed by atoms with Crippen molar-refractivity contribution < 1.29 is 66.0 Å². The predicted octanol–water partition coefficient (Wildman–Crippen LogP) is 6.50. The second-order valence-electron chi connectivity index (χ2n) is 16.7. The fourth-order valence-electron chi connectivity index (χ4n) is 6.97. The van der Waals surface area contributed by atoms with E-state index in [1.807, 2.05) is 66.7 Å². The number of para-hydroxylation sites is 1. The molecular formula is C52H46N10O14S8. The van der Waals surface area contributed by atoms with Crippen LogP contribution in [0.25, 0.3) is 0 Å². The molecule has 24 nitrogen and oxygen atoms in total. The Morgan fingerprint density at radius 1 is 0.643 bits per heavy atom. The summed E-state index contributed by atoms with van der Waals surface area (Å²) in [7, 11) is -4.30. The largest absolute Gasteiger partial charge is 0.478 e. The van der Waals surface area contributed by atoms with Gasteiger partial charge in [-0.15, -0.1) is 0 Å². The number of anilines is 4. The Morgan fingerprint density at radius 2 is 1.19 bits per heavy atom. The molecule has 32 heteroatoms. The van der Waals surface area contributed by atoms with Gasteiger partial charge in [-0.05, 0) is 85.3 Å². The van der Waals surface area contributed by atoms with Crippen LogP contribution in [0, 0.1) is 0 Å². The fraction of sp³-hybridized carbons (Fsp3) is 0.173. The highest BCUT2D eigenvalue weighted by Crippen LogP contribution is 2.28. The molecule has 0 radical (unpaired) electrons. The molecule has 4 saturated heterocycles. The Labute approximate surface area is 512 Å². The van der Waals surface area contributed by atoms with Gasteiger partial charge in [-0.3, -0.25) is 47.9 Å². The number of hydrogen-bond donors (Lipinski definition) is 4. The number of carbonyl (C=O) groups excluding carboxylic acids is 8. The van der Waals surface area contributed by atoms with Crippen LogP contribution in [-0.4, -0.2) is 135 Å². The van der Waals surface area contributed by atoms with E-state index >= 15 is 0 Å². The van der Waals surface area contributed by atoms with E-state index < -0.39 is 28.0 Å². The Hall–Kier alpha value is -7.82. The summed E-state index contributed by atoms with van der Waals surface area (Å²) in [5.41, 5.74) is 8.26. The van der Waals surface area contributed by atoms with Gasteiger partial charge in [0.05, 0.1) is 76.5 Å². The lowest BCUT2D eigenvalue weighted by molar-refractivity contribution is -0.135.